The molecule has 0 spiro atoms. The van der Waals surface area contributed by atoms with Gasteiger partial charge in [0.05, 0.1) is 12.5 Å². The summed E-state index contributed by atoms with van der Waals surface area (Å²) >= 11 is 0. The Morgan fingerprint density at radius 2 is 1.96 bits per heavy atom. The molecule has 2 N–H and O–H groups in total. The minimum atomic E-state index is -0.740. The first-order chi connectivity index (χ1) is 11.4. The zero-order valence-electron chi connectivity index (χ0n) is 14.5. The lowest BCUT2D eigenvalue weighted by atomic mass is 9.46. The number of aliphatic hydroxyl groups is 1. The molecule has 0 aromatic carbocycles. The van der Waals surface area contributed by atoms with Gasteiger partial charge < -0.3 is 10.2 Å². The lowest BCUT2D eigenvalue weighted by Gasteiger charge is -2.58. The summed E-state index contributed by atoms with van der Waals surface area (Å²) in [5.41, 5.74) is 0.819. The van der Waals surface area contributed by atoms with E-state index in [0.29, 0.717) is 30.6 Å². The Kier molecular flexibility index (Phi) is 3.68. The average Bonchev–Trinajstić information content (AvgIpc) is 2.83. The molecule has 4 aliphatic rings. The van der Waals surface area contributed by atoms with Crippen molar-refractivity contribution in [1.82, 2.24) is 0 Å². The van der Waals surface area contributed by atoms with E-state index in [2.05, 4.69) is 6.92 Å². The first-order valence-corrected chi connectivity index (χ1v) is 9.50. The zero-order chi connectivity index (χ0) is 17.1. The van der Waals surface area contributed by atoms with E-state index in [4.69, 9.17) is 0 Å². The van der Waals surface area contributed by atoms with Gasteiger partial charge in [-0.15, -0.1) is 0 Å². The maximum absolute atomic E-state index is 11.9. The van der Waals surface area contributed by atoms with E-state index >= 15 is 0 Å². The van der Waals surface area contributed by atoms with Gasteiger partial charge in [-0.2, -0.15) is 0 Å². The highest BCUT2D eigenvalue weighted by molar-refractivity contribution is 5.92. The Balaban J connectivity index is 1.73. The number of ketones is 1. The first kappa shape index (κ1) is 16.3. The second kappa shape index (κ2) is 5.42. The molecule has 0 unspecified atom stereocenters. The van der Waals surface area contributed by atoms with Crippen LogP contribution < -0.4 is 0 Å². The number of allylic oxidation sites excluding steroid dienone is 1. The molecule has 3 fully saturated rings. The number of hydrogen-bond acceptors (Lipinski definition) is 3. The Labute approximate surface area is 143 Å². The molecular weight excluding hydrogens is 304 g/mol. The van der Waals surface area contributed by atoms with Crippen LogP contribution in [-0.2, 0) is 9.59 Å². The summed E-state index contributed by atoms with van der Waals surface area (Å²) < 4.78 is 0. The molecule has 0 radical (unpaired) electrons. The van der Waals surface area contributed by atoms with Gasteiger partial charge in [-0.05, 0) is 74.2 Å². The molecule has 4 heteroatoms. The molecule has 24 heavy (non-hydrogen) atoms. The maximum atomic E-state index is 11.9. The molecule has 0 heterocycles. The maximum Gasteiger partial charge on any atom is 0.304 e. The van der Waals surface area contributed by atoms with Gasteiger partial charge in [-0.3, -0.25) is 9.59 Å². The monoisotopic (exact) mass is 332 g/mol. The summed E-state index contributed by atoms with van der Waals surface area (Å²) in [6, 6.07) is 0. The fourth-order valence-corrected chi connectivity index (χ4v) is 6.94. The molecule has 4 aliphatic carbocycles. The van der Waals surface area contributed by atoms with E-state index in [-0.39, 0.29) is 29.1 Å². The second-order valence-electron chi connectivity index (χ2n) is 8.92. The number of carbonyl (C=O) groups excluding carboxylic acids is 1. The van der Waals surface area contributed by atoms with Crippen molar-refractivity contribution < 1.29 is 19.8 Å². The largest absolute Gasteiger partial charge is 0.481 e. The molecule has 0 aromatic heterocycles. The predicted octanol–water partition coefficient (Wildman–Crippen LogP) is 3.33. The van der Waals surface area contributed by atoms with Gasteiger partial charge in [0, 0.05) is 11.8 Å². The van der Waals surface area contributed by atoms with Crippen molar-refractivity contribution in [3.8, 4) is 0 Å². The van der Waals surface area contributed by atoms with Gasteiger partial charge in [0.25, 0.3) is 0 Å². The van der Waals surface area contributed by atoms with Gasteiger partial charge >= 0.3 is 5.97 Å². The normalized spacial score (nSPS) is 47.4. The average molecular weight is 332 g/mol. The molecule has 4 rings (SSSR count). The Morgan fingerprint density at radius 1 is 1.17 bits per heavy atom. The summed E-state index contributed by atoms with van der Waals surface area (Å²) in [5, 5.41) is 20.1. The molecule has 0 saturated heterocycles. The number of rotatable bonds is 2. The van der Waals surface area contributed by atoms with Crippen LogP contribution in [0.25, 0.3) is 0 Å². The topological polar surface area (TPSA) is 74.6 Å². The molecule has 6 atom stereocenters. The van der Waals surface area contributed by atoms with Crippen LogP contribution in [-0.4, -0.2) is 28.1 Å². The van der Waals surface area contributed by atoms with Crippen molar-refractivity contribution in [3.63, 3.8) is 0 Å². The molecule has 0 amide bonds. The summed E-state index contributed by atoms with van der Waals surface area (Å²) in [7, 11) is 0. The van der Waals surface area contributed by atoms with Crippen molar-refractivity contribution in [2.45, 2.75) is 70.8 Å². The van der Waals surface area contributed by atoms with E-state index in [1.165, 1.54) is 0 Å². The van der Waals surface area contributed by atoms with Gasteiger partial charge in [-0.25, -0.2) is 0 Å². The number of carbonyl (C=O) groups is 2. The third kappa shape index (κ3) is 2.15. The summed E-state index contributed by atoms with van der Waals surface area (Å²) in [4.78, 5) is 23.6. The Hall–Kier alpha value is -1.16. The van der Waals surface area contributed by atoms with E-state index in [1.807, 2.05) is 0 Å². The van der Waals surface area contributed by atoms with Crippen LogP contribution >= 0.6 is 0 Å². The number of carboxylic acids is 1. The quantitative estimate of drug-likeness (QED) is 0.813. The molecule has 132 valence electrons. The van der Waals surface area contributed by atoms with Crippen LogP contribution in [0.2, 0.25) is 0 Å². The fraction of sp³-hybridized carbons (Fsp3) is 0.800. The lowest BCUT2D eigenvalue weighted by Crippen LogP contribution is -2.52. The van der Waals surface area contributed by atoms with E-state index < -0.39 is 5.97 Å². The van der Waals surface area contributed by atoms with Gasteiger partial charge in [0.2, 0.25) is 0 Å². The lowest BCUT2D eigenvalue weighted by molar-refractivity contribution is -0.144. The summed E-state index contributed by atoms with van der Waals surface area (Å²) in [6.45, 7) is 2.24. The number of carboxylic acid groups (broad SMARTS) is 1. The van der Waals surface area contributed by atoms with Crippen molar-refractivity contribution in [3.05, 3.63) is 11.6 Å². The third-order valence-electron chi connectivity index (χ3n) is 8.10. The number of hydrogen-bond donors (Lipinski definition) is 2. The van der Waals surface area contributed by atoms with Crippen LogP contribution in [0.1, 0.15) is 64.7 Å². The standard InChI is InChI=1S/C20H28O4/c1-19-8-7-16-14(15(19)4-5-17(19)22)3-2-12-10-13(21)6-9-20(12,16)11-18(23)24/h10,14-17,22H,2-9,11H2,1H3,(H,23,24)/t14-,15-,16-,17-,19-,20+/m0/s1. The minimum Gasteiger partial charge on any atom is -0.481 e. The first-order valence-electron chi connectivity index (χ1n) is 9.50. The van der Waals surface area contributed by atoms with E-state index in [0.717, 1.165) is 44.1 Å². The fourth-order valence-electron chi connectivity index (χ4n) is 6.94. The highest BCUT2D eigenvalue weighted by atomic mass is 16.4. The van der Waals surface area contributed by atoms with Crippen molar-refractivity contribution in [2.24, 2.45) is 28.6 Å². The SMILES string of the molecule is C[C@]12CC[C@H]3[C@@H](CCC4=CC(=O)CC[C@@]43CC(=O)O)[C@@H]1CC[C@@H]2O. The van der Waals surface area contributed by atoms with Gasteiger partial charge in [-0.1, -0.05) is 12.5 Å². The van der Waals surface area contributed by atoms with Crippen LogP contribution in [0, 0.1) is 28.6 Å². The highest BCUT2D eigenvalue weighted by Gasteiger charge is 2.60. The molecule has 0 aromatic rings. The van der Waals surface area contributed by atoms with E-state index in [1.54, 1.807) is 6.08 Å². The second-order valence-corrected chi connectivity index (χ2v) is 8.92. The minimum absolute atomic E-state index is 0.0112. The highest BCUT2D eigenvalue weighted by Crippen LogP contribution is 2.66. The van der Waals surface area contributed by atoms with Crippen molar-refractivity contribution >= 4 is 11.8 Å². The smallest absolute Gasteiger partial charge is 0.304 e. The Bertz CT molecular complexity index is 609. The molecule has 4 nitrogen and oxygen atoms in total. The number of fused-ring (bicyclic) bond motifs is 5. The number of aliphatic carboxylic acids is 1. The summed E-state index contributed by atoms with van der Waals surface area (Å²) in [6.07, 6.45) is 8.79. The van der Waals surface area contributed by atoms with Gasteiger partial charge in [0.1, 0.15) is 0 Å². The molecule has 0 bridgehead atoms. The molecular formula is C20H28O4. The number of aliphatic hydroxyl groups excluding tert-OH is 1. The van der Waals surface area contributed by atoms with Crippen molar-refractivity contribution in [1.29, 1.82) is 0 Å². The van der Waals surface area contributed by atoms with Crippen LogP contribution in [0.5, 0.6) is 0 Å². The third-order valence-corrected chi connectivity index (χ3v) is 8.10. The molecule has 3 saturated carbocycles. The zero-order valence-corrected chi connectivity index (χ0v) is 14.5. The van der Waals surface area contributed by atoms with E-state index in [9.17, 15) is 19.8 Å². The Morgan fingerprint density at radius 3 is 2.71 bits per heavy atom. The van der Waals surface area contributed by atoms with Crippen LogP contribution in [0.4, 0.5) is 0 Å². The van der Waals surface area contributed by atoms with Crippen LogP contribution in [0.15, 0.2) is 11.6 Å². The summed E-state index contributed by atoms with van der Waals surface area (Å²) in [5.74, 6) is 0.809. The molecule has 0 aliphatic heterocycles. The predicted molar refractivity (Wildman–Crippen MR) is 89.3 cm³/mol. The van der Waals surface area contributed by atoms with Crippen molar-refractivity contribution in [2.75, 3.05) is 0 Å². The van der Waals surface area contributed by atoms with Gasteiger partial charge in [0.15, 0.2) is 5.78 Å². The van der Waals surface area contributed by atoms with Crippen LogP contribution in [0.3, 0.4) is 0 Å².